The van der Waals surface area contributed by atoms with Crippen LogP contribution in [0.25, 0.3) is 0 Å². The van der Waals surface area contributed by atoms with Crippen LogP contribution in [-0.4, -0.2) is 41.5 Å². The van der Waals surface area contributed by atoms with Gasteiger partial charge < -0.3 is 19.5 Å². The van der Waals surface area contributed by atoms with Crippen molar-refractivity contribution < 1.29 is 32.7 Å². The number of halogens is 3. The van der Waals surface area contributed by atoms with Gasteiger partial charge in [0.1, 0.15) is 5.69 Å². The molecule has 98 valence electrons. The van der Waals surface area contributed by atoms with Gasteiger partial charge in [0.2, 0.25) is 0 Å². The van der Waals surface area contributed by atoms with Gasteiger partial charge >= 0.3 is 19.1 Å². The number of alkyl halides is 3. The zero-order valence-corrected chi connectivity index (χ0v) is 9.02. The Balaban J connectivity index is 2.38. The Hall–Kier alpha value is -1.16. The summed E-state index contributed by atoms with van der Waals surface area (Å²) < 4.78 is 48.2. The number of hydrogen-bond donors (Lipinski definition) is 2. The van der Waals surface area contributed by atoms with E-state index >= 15 is 0 Å². The highest BCUT2D eigenvalue weighted by Crippen LogP contribution is 2.44. The number of rotatable bonds is 2. The lowest BCUT2D eigenvalue weighted by Gasteiger charge is -2.28. The average Bonchev–Trinajstić information content (AvgIpc) is 2.78. The number of hydrogen-bond acceptors (Lipinski definition) is 5. The maximum atomic E-state index is 13.0. The van der Waals surface area contributed by atoms with Crippen molar-refractivity contribution in [3.8, 4) is 0 Å². The second-order valence-electron chi connectivity index (χ2n) is 3.66. The first-order chi connectivity index (χ1) is 8.37. The fourth-order valence-electron chi connectivity index (χ4n) is 1.62. The van der Waals surface area contributed by atoms with Gasteiger partial charge in [-0.05, 0) is 6.07 Å². The van der Waals surface area contributed by atoms with E-state index in [9.17, 15) is 13.2 Å². The fraction of sp³-hybridized carbons (Fsp3) is 0.444. The van der Waals surface area contributed by atoms with Crippen LogP contribution in [0.4, 0.5) is 13.2 Å². The van der Waals surface area contributed by atoms with Crippen molar-refractivity contribution in [3.05, 3.63) is 24.0 Å². The molecule has 0 aliphatic carbocycles. The highest BCUT2D eigenvalue weighted by Gasteiger charge is 2.62. The summed E-state index contributed by atoms with van der Waals surface area (Å²) in [7, 11) is -1.79. The van der Waals surface area contributed by atoms with Crippen molar-refractivity contribution in [2.75, 3.05) is 13.2 Å². The lowest BCUT2D eigenvalue weighted by atomic mass is 9.81. The SMILES string of the molecule is OB(O)c1ccc(C2(C(F)(F)F)OCCO2)nc1. The summed E-state index contributed by atoms with van der Waals surface area (Å²) in [5.74, 6) is -2.87. The first-order valence-electron chi connectivity index (χ1n) is 5.04. The normalized spacial score (nSPS) is 18.9. The molecule has 1 aliphatic heterocycles. The van der Waals surface area contributed by atoms with Crippen molar-refractivity contribution in [1.29, 1.82) is 0 Å². The van der Waals surface area contributed by atoms with Crippen molar-refractivity contribution in [2.24, 2.45) is 0 Å². The van der Waals surface area contributed by atoms with Crippen molar-refractivity contribution >= 4 is 12.6 Å². The molecule has 0 amide bonds. The summed E-state index contributed by atoms with van der Waals surface area (Å²) in [6.07, 6.45) is -3.84. The van der Waals surface area contributed by atoms with E-state index in [4.69, 9.17) is 10.0 Å². The molecule has 2 rings (SSSR count). The molecule has 9 heteroatoms. The number of nitrogens with zero attached hydrogens (tertiary/aromatic N) is 1. The minimum absolute atomic E-state index is 0.0194. The van der Waals surface area contributed by atoms with E-state index in [0.717, 1.165) is 18.3 Å². The number of pyridine rings is 1. The second kappa shape index (κ2) is 4.50. The minimum Gasteiger partial charge on any atom is -0.423 e. The molecule has 0 saturated carbocycles. The smallest absolute Gasteiger partial charge is 0.423 e. The van der Waals surface area contributed by atoms with Crippen LogP contribution in [0.3, 0.4) is 0 Å². The predicted octanol–water partition coefficient (Wildman–Crippen LogP) is -0.477. The van der Waals surface area contributed by atoms with Crippen LogP contribution in [0.5, 0.6) is 0 Å². The Bertz CT molecular complexity index is 417. The van der Waals surface area contributed by atoms with Gasteiger partial charge in [0.15, 0.2) is 0 Å². The summed E-state index contributed by atoms with van der Waals surface area (Å²) >= 11 is 0. The molecule has 1 saturated heterocycles. The third-order valence-electron chi connectivity index (χ3n) is 2.49. The number of aromatic nitrogens is 1. The van der Waals surface area contributed by atoms with E-state index in [1.54, 1.807) is 0 Å². The molecular formula is C9H9BF3NO4. The van der Waals surface area contributed by atoms with Crippen LogP contribution in [0.1, 0.15) is 5.69 Å². The van der Waals surface area contributed by atoms with Crippen LogP contribution >= 0.6 is 0 Å². The third kappa shape index (κ3) is 2.10. The Labute approximate surface area is 100 Å². The van der Waals surface area contributed by atoms with Crippen LogP contribution in [0.2, 0.25) is 0 Å². The van der Waals surface area contributed by atoms with Gasteiger partial charge in [-0.25, -0.2) is 0 Å². The molecule has 0 radical (unpaired) electrons. The maximum absolute atomic E-state index is 13.0. The lowest BCUT2D eigenvalue weighted by Crippen LogP contribution is -2.44. The molecular weight excluding hydrogens is 254 g/mol. The Morgan fingerprint density at radius 1 is 1.22 bits per heavy atom. The molecule has 0 atom stereocenters. The first-order valence-corrected chi connectivity index (χ1v) is 5.04. The van der Waals surface area contributed by atoms with E-state index in [2.05, 4.69) is 14.5 Å². The molecule has 18 heavy (non-hydrogen) atoms. The molecule has 0 spiro atoms. The Kier molecular flexibility index (Phi) is 3.32. The van der Waals surface area contributed by atoms with E-state index in [1.165, 1.54) is 0 Å². The topological polar surface area (TPSA) is 71.8 Å². The second-order valence-corrected chi connectivity index (χ2v) is 3.66. The van der Waals surface area contributed by atoms with Crippen molar-refractivity contribution in [2.45, 2.75) is 12.0 Å². The summed E-state index contributed by atoms with van der Waals surface area (Å²) in [6.45, 7) is -0.378. The molecule has 1 aromatic rings. The standard InChI is InChI=1S/C9H9BF3NO4/c11-9(12,13)8(17-3-4-18-8)7-2-1-6(5-14-7)10(15)16/h1-2,5,15-16H,3-4H2. The largest absolute Gasteiger partial charge is 0.490 e. The first kappa shape index (κ1) is 13.3. The molecule has 1 fully saturated rings. The molecule has 1 aromatic heterocycles. The highest BCUT2D eigenvalue weighted by molar-refractivity contribution is 6.58. The average molecular weight is 263 g/mol. The van der Waals surface area contributed by atoms with Gasteiger partial charge in [-0.1, -0.05) is 6.07 Å². The molecule has 0 aromatic carbocycles. The molecule has 1 aliphatic rings. The lowest BCUT2D eigenvalue weighted by molar-refractivity contribution is -0.354. The third-order valence-corrected chi connectivity index (χ3v) is 2.49. The van der Waals surface area contributed by atoms with Crippen molar-refractivity contribution in [1.82, 2.24) is 4.98 Å². The van der Waals surface area contributed by atoms with E-state index < -0.39 is 24.8 Å². The quantitative estimate of drug-likeness (QED) is 0.705. The van der Waals surface area contributed by atoms with Crippen LogP contribution in [0.15, 0.2) is 18.3 Å². The molecule has 5 nitrogen and oxygen atoms in total. The summed E-state index contributed by atoms with van der Waals surface area (Å²) in [6, 6.07) is 2.11. The molecule has 2 N–H and O–H groups in total. The summed E-state index contributed by atoms with van der Waals surface area (Å²) in [5, 5.41) is 17.7. The summed E-state index contributed by atoms with van der Waals surface area (Å²) in [4.78, 5) is 3.53. The van der Waals surface area contributed by atoms with E-state index in [1.807, 2.05) is 0 Å². The van der Waals surface area contributed by atoms with E-state index in [-0.39, 0.29) is 18.7 Å². The predicted molar refractivity (Wildman–Crippen MR) is 53.7 cm³/mol. The molecule has 0 unspecified atom stereocenters. The van der Waals surface area contributed by atoms with Crippen LogP contribution in [0, 0.1) is 0 Å². The zero-order chi connectivity index (χ0) is 13.4. The number of ether oxygens (including phenoxy) is 2. The molecule has 0 bridgehead atoms. The van der Waals surface area contributed by atoms with Crippen LogP contribution < -0.4 is 5.46 Å². The van der Waals surface area contributed by atoms with Crippen molar-refractivity contribution in [3.63, 3.8) is 0 Å². The van der Waals surface area contributed by atoms with Gasteiger partial charge in [-0.2, -0.15) is 13.2 Å². The van der Waals surface area contributed by atoms with Gasteiger partial charge in [0.25, 0.3) is 0 Å². The van der Waals surface area contributed by atoms with Gasteiger partial charge in [-0.3, -0.25) is 4.98 Å². The van der Waals surface area contributed by atoms with Gasteiger partial charge in [-0.15, -0.1) is 0 Å². The van der Waals surface area contributed by atoms with Gasteiger partial charge in [0, 0.05) is 11.7 Å². The highest BCUT2D eigenvalue weighted by atomic mass is 19.4. The zero-order valence-electron chi connectivity index (χ0n) is 9.02. The minimum atomic E-state index is -4.77. The monoisotopic (exact) mass is 263 g/mol. The molecule has 2 heterocycles. The maximum Gasteiger partial charge on any atom is 0.490 e. The Morgan fingerprint density at radius 2 is 1.83 bits per heavy atom. The van der Waals surface area contributed by atoms with Crippen LogP contribution in [-0.2, 0) is 15.3 Å². The van der Waals surface area contributed by atoms with Gasteiger partial charge in [0.05, 0.1) is 13.2 Å². The summed E-state index contributed by atoms with van der Waals surface area (Å²) in [5.41, 5.74) is -0.494. The fourth-order valence-corrected chi connectivity index (χ4v) is 1.62. The van der Waals surface area contributed by atoms with E-state index in [0.29, 0.717) is 0 Å². The Morgan fingerprint density at radius 3 is 2.22 bits per heavy atom.